The second-order valence-electron chi connectivity index (χ2n) is 24.7. The summed E-state index contributed by atoms with van der Waals surface area (Å²) < 4.78 is 30.0. The number of ether oxygens (including phenoxy) is 5. The van der Waals surface area contributed by atoms with Gasteiger partial charge in [-0.25, -0.2) is 0 Å². The Balaban J connectivity index is 0.000000261. The maximum absolute atomic E-state index is 13.7. The Hall–Kier alpha value is -6.75. The van der Waals surface area contributed by atoms with Crippen molar-refractivity contribution in [1.29, 1.82) is 0 Å². The first kappa shape index (κ1) is 62.4. The van der Waals surface area contributed by atoms with Crippen LogP contribution >= 0.6 is 15.9 Å². The third kappa shape index (κ3) is 12.3. The quantitative estimate of drug-likeness (QED) is 0.0319. The summed E-state index contributed by atoms with van der Waals surface area (Å²) in [6.07, 6.45) is 9.23. The predicted molar refractivity (Wildman–Crippen MR) is 317 cm³/mol. The van der Waals surface area contributed by atoms with Gasteiger partial charge in [0.25, 0.3) is 11.4 Å². The number of alkyl halides is 1. The topological polar surface area (TPSA) is 190 Å². The lowest BCUT2D eigenvalue weighted by Crippen LogP contribution is -2.60. The largest absolute Gasteiger partial charge is 0.463 e. The van der Waals surface area contributed by atoms with Crippen molar-refractivity contribution >= 4 is 68.7 Å². The minimum absolute atomic E-state index is 0. The second kappa shape index (κ2) is 23.4. The Kier molecular flexibility index (Phi) is 18.3. The van der Waals surface area contributed by atoms with E-state index in [0.717, 1.165) is 22.5 Å². The molecule has 0 aromatic heterocycles. The van der Waals surface area contributed by atoms with E-state index in [0.29, 0.717) is 60.9 Å². The van der Waals surface area contributed by atoms with E-state index in [-0.39, 0.29) is 55.8 Å². The number of hydrogen-bond acceptors (Lipinski definition) is 14. The number of esters is 3. The number of hydrogen-bond donors (Lipinski definition) is 0. The third-order valence-corrected chi connectivity index (χ3v) is 16.1. The number of nitrogens with zero attached hydrogens (tertiary/aromatic N) is 4. The van der Waals surface area contributed by atoms with E-state index >= 15 is 0 Å². The van der Waals surface area contributed by atoms with Gasteiger partial charge in [-0.3, -0.25) is 34.6 Å². The fourth-order valence-corrected chi connectivity index (χ4v) is 12.7. The van der Waals surface area contributed by atoms with Crippen molar-refractivity contribution in [2.75, 3.05) is 36.1 Å². The number of benzene rings is 4. The van der Waals surface area contributed by atoms with Gasteiger partial charge in [0.1, 0.15) is 34.6 Å². The normalized spacial score (nSPS) is 20.5. The fourth-order valence-electron chi connectivity index (χ4n) is 11.9. The molecule has 8 rings (SSSR count). The summed E-state index contributed by atoms with van der Waals surface area (Å²) in [5, 5.41) is 22.6. The monoisotopic (exact) mass is 1160 g/mol. The Morgan fingerprint density at radius 3 is 1.44 bits per heavy atom. The Morgan fingerprint density at radius 1 is 0.625 bits per heavy atom. The van der Waals surface area contributed by atoms with Crippen molar-refractivity contribution in [2.24, 2.45) is 23.2 Å². The van der Waals surface area contributed by atoms with Gasteiger partial charge in [-0.2, -0.15) is 0 Å². The number of non-ortho nitro benzene ring substituents is 2. The molecule has 5 atom stereocenters. The molecule has 17 heteroatoms. The van der Waals surface area contributed by atoms with Gasteiger partial charge in [-0.15, -0.1) is 0 Å². The van der Waals surface area contributed by atoms with Gasteiger partial charge in [0.05, 0.1) is 45.1 Å². The molecule has 0 N–H and O–H groups in total. The van der Waals surface area contributed by atoms with Gasteiger partial charge in [0, 0.05) is 46.8 Å². The summed E-state index contributed by atoms with van der Waals surface area (Å²) in [7, 11) is 0. The lowest BCUT2D eigenvalue weighted by atomic mass is 9.75. The maximum atomic E-state index is 13.7. The van der Waals surface area contributed by atoms with Crippen LogP contribution in [0.25, 0.3) is 12.2 Å². The number of para-hydroxylation sites is 2. The van der Waals surface area contributed by atoms with Gasteiger partial charge in [0.15, 0.2) is 0 Å². The van der Waals surface area contributed by atoms with E-state index < -0.39 is 53.4 Å². The number of carbonyl (C=O) groups is 3. The van der Waals surface area contributed by atoms with Gasteiger partial charge in [-0.1, -0.05) is 94.4 Å². The van der Waals surface area contributed by atoms with Crippen LogP contribution in [0.4, 0.5) is 22.7 Å². The molecule has 80 heavy (non-hydrogen) atoms. The average Bonchev–Trinajstić information content (AvgIpc) is 3.65. The van der Waals surface area contributed by atoms with E-state index in [1.165, 1.54) is 24.3 Å². The van der Waals surface area contributed by atoms with Gasteiger partial charge in [0.2, 0.25) is 11.4 Å². The second-order valence-corrected chi connectivity index (χ2v) is 26.4. The molecule has 0 saturated carbocycles. The highest BCUT2D eigenvalue weighted by molar-refractivity contribution is 9.10. The number of anilines is 2. The summed E-state index contributed by atoms with van der Waals surface area (Å²) in [4.78, 5) is 65.3. The number of fused-ring (bicyclic) bond motifs is 4. The Morgan fingerprint density at radius 2 is 1.04 bits per heavy atom. The highest BCUT2D eigenvalue weighted by atomic mass is 79.9. The maximum Gasteiger partial charge on any atom is 0.322 e. The molecule has 4 aromatic rings. The molecule has 4 aliphatic rings. The van der Waals surface area contributed by atoms with Crippen LogP contribution in [-0.4, -0.2) is 75.4 Å². The predicted octanol–water partition coefficient (Wildman–Crippen LogP) is 14.3. The SMILES string of the molecule is C.CC(C)CC(C)(Br)C(=O)OCCN1c2ccccc2C(C)(C)C12C=Cc1cc([N+](=O)[O-])ccc1O2.CC(C)CC(C)(CC(C)C(=O)OC(C)(C)C)C(=O)OCCN1c2ccccc2C(C)(C)C12C=Cc1cc([N+](=O)[O-])ccc1O2. The molecule has 0 bridgehead atoms. The zero-order valence-electron chi connectivity index (χ0n) is 48.1. The highest BCUT2D eigenvalue weighted by Gasteiger charge is 2.60. The standard InChI is InChI=1S/C35H46N2O7.C27H31BrN2O5.CH4/c1-23(2)21-34(9,22-24(3)30(38)44-32(4,5)6)31(39)42-19-18-36-28-13-11-10-12-27(28)33(7,8)35(36)17-16-25-20-26(37(40)41)14-15-29(25)43-35;1-18(2)17-26(5,28)24(31)34-15-14-29-22-9-7-6-8-21(22)25(3,4)27(29)13-12-19-16-20(30(32)33)10-11-23(19)35-27;/h10-17,20,23-24H,18-19,21-22H2,1-9H3;6-13,16,18H,14-15,17H2,1-5H3;1H4. The minimum atomic E-state index is -0.960. The lowest BCUT2D eigenvalue weighted by molar-refractivity contribution is -0.385. The number of nitro groups is 2. The molecule has 0 radical (unpaired) electrons. The van der Waals surface area contributed by atoms with E-state index in [1.807, 2.05) is 95.3 Å². The van der Waals surface area contributed by atoms with Crippen LogP contribution in [0.15, 0.2) is 97.1 Å². The van der Waals surface area contributed by atoms with Crippen LogP contribution < -0.4 is 19.3 Å². The van der Waals surface area contributed by atoms with Crippen LogP contribution in [0.2, 0.25) is 0 Å². The summed E-state index contributed by atoms with van der Waals surface area (Å²) in [5.41, 5.74) is 1.17. The van der Waals surface area contributed by atoms with Crippen molar-refractivity contribution in [2.45, 2.75) is 156 Å². The van der Waals surface area contributed by atoms with Crippen molar-refractivity contribution in [3.05, 3.63) is 140 Å². The molecular weight excluding hydrogens is 1080 g/mol. The van der Waals surface area contributed by atoms with Gasteiger partial charge < -0.3 is 33.5 Å². The number of halogens is 1. The summed E-state index contributed by atoms with van der Waals surface area (Å²) >= 11 is 3.54. The van der Waals surface area contributed by atoms with Crippen molar-refractivity contribution in [1.82, 2.24) is 0 Å². The molecule has 16 nitrogen and oxygen atoms in total. The first-order valence-corrected chi connectivity index (χ1v) is 27.9. The van der Waals surface area contributed by atoms with Crippen LogP contribution in [-0.2, 0) is 39.4 Å². The number of rotatable bonds is 17. The van der Waals surface area contributed by atoms with E-state index in [1.54, 1.807) is 19.1 Å². The molecule has 2 spiro atoms. The highest BCUT2D eigenvalue weighted by Crippen LogP contribution is 2.57. The molecular formula is C63H81BrN4O12. The first-order valence-electron chi connectivity index (χ1n) is 27.1. The Bertz CT molecular complexity index is 3050. The van der Waals surface area contributed by atoms with E-state index in [4.69, 9.17) is 23.7 Å². The first-order chi connectivity index (χ1) is 36.8. The third-order valence-electron chi connectivity index (χ3n) is 15.5. The minimum Gasteiger partial charge on any atom is -0.463 e. The van der Waals surface area contributed by atoms with E-state index in [9.17, 15) is 34.6 Å². The molecule has 5 unspecified atom stereocenters. The molecule has 4 aliphatic heterocycles. The van der Waals surface area contributed by atoms with E-state index in [2.05, 4.69) is 93.3 Å². The summed E-state index contributed by atoms with van der Waals surface area (Å²) in [5.74, 6) is 0.238. The number of carbonyl (C=O) groups excluding carboxylic acids is 3. The van der Waals surface area contributed by atoms with Crippen LogP contribution in [0.1, 0.15) is 146 Å². The van der Waals surface area contributed by atoms with Gasteiger partial charge in [-0.05, 0) is 153 Å². The zero-order valence-corrected chi connectivity index (χ0v) is 49.7. The van der Waals surface area contributed by atoms with Crippen molar-refractivity contribution < 1.29 is 47.9 Å². The summed E-state index contributed by atoms with van der Waals surface area (Å²) in [6.45, 7) is 28.8. The van der Waals surface area contributed by atoms with Crippen LogP contribution in [0.3, 0.4) is 0 Å². The van der Waals surface area contributed by atoms with Gasteiger partial charge >= 0.3 is 17.9 Å². The van der Waals surface area contributed by atoms with Crippen molar-refractivity contribution in [3.8, 4) is 11.5 Å². The van der Waals surface area contributed by atoms with Crippen LogP contribution in [0.5, 0.6) is 11.5 Å². The number of nitro benzene ring substituents is 2. The molecule has 4 heterocycles. The molecule has 0 aliphatic carbocycles. The van der Waals surface area contributed by atoms with Crippen LogP contribution in [0, 0.1) is 43.4 Å². The Labute approximate surface area is 480 Å². The average molecular weight is 1170 g/mol. The van der Waals surface area contributed by atoms with Crippen molar-refractivity contribution in [3.63, 3.8) is 0 Å². The molecule has 0 saturated heterocycles. The summed E-state index contributed by atoms with van der Waals surface area (Å²) in [6, 6.07) is 25.4. The molecule has 432 valence electrons. The smallest absolute Gasteiger partial charge is 0.322 e. The lowest BCUT2D eigenvalue weighted by Gasteiger charge is -2.47. The molecule has 4 aromatic carbocycles. The zero-order chi connectivity index (χ0) is 58.3. The molecule has 0 fully saturated rings. The fraction of sp³-hybridized carbons (Fsp3) is 0.508. The molecule has 0 amide bonds.